The minimum absolute atomic E-state index is 0.0673. The van der Waals surface area contributed by atoms with Crippen molar-refractivity contribution in [2.45, 2.75) is 64.6 Å². The summed E-state index contributed by atoms with van der Waals surface area (Å²) in [5, 5.41) is 3.31. The van der Waals surface area contributed by atoms with E-state index in [0.29, 0.717) is 16.9 Å². The molecule has 0 aliphatic rings. The van der Waals surface area contributed by atoms with E-state index in [1.165, 1.54) is 0 Å². The Morgan fingerprint density at radius 2 is 1.62 bits per heavy atom. The molecule has 2 unspecified atom stereocenters. The van der Waals surface area contributed by atoms with Gasteiger partial charge in [0, 0.05) is 18.6 Å². The van der Waals surface area contributed by atoms with Crippen molar-refractivity contribution >= 4 is 10.0 Å². The van der Waals surface area contributed by atoms with Crippen LogP contribution in [0.4, 0.5) is 0 Å². The van der Waals surface area contributed by atoms with Crippen LogP contribution in [0.1, 0.15) is 46.6 Å². The van der Waals surface area contributed by atoms with Crippen LogP contribution in [0.5, 0.6) is 0 Å². The van der Waals surface area contributed by atoms with Gasteiger partial charge in [0.25, 0.3) is 0 Å². The first-order chi connectivity index (χ1) is 9.76. The van der Waals surface area contributed by atoms with Gasteiger partial charge in [0.2, 0.25) is 10.0 Å². The van der Waals surface area contributed by atoms with Crippen LogP contribution in [0.25, 0.3) is 0 Å². The number of rotatable bonds is 8. The highest BCUT2D eigenvalue weighted by atomic mass is 32.2. The SMILES string of the molecule is CCC(C)C(C)NS(=O)(=O)c1ccc(CNC(C)C)cc1. The van der Waals surface area contributed by atoms with Gasteiger partial charge in [0.05, 0.1) is 4.90 Å². The van der Waals surface area contributed by atoms with Crippen molar-refractivity contribution in [1.82, 2.24) is 10.0 Å². The van der Waals surface area contributed by atoms with Crippen LogP contribution in [0.3, 0.4) is 0 Å². The second kappa shape index (κ2) is 7.92. The number of sulfonamides is 1. The van der Waals surface area contributed by atoms with E-state index in [9.17, 15) is 8.42 Å². The van der Waals surface area contributed by atoms with Crippen molar-refractivity contribution < 1.29 is 8.42 Å². The molecular formula is C16H28N2O2S. The van der Waals surface area contributed by atoms with Crippen LogP contribution >= 0.6 is 0 Å². The van der Waals surface area contributed by atoms with Gasteiger partial charge in [-0.15, -0.1) is 0 Å². The molecule has 1 aromatic carbocycles. The Hall–Kier alpha value is -0.910. The second-order valence-corrected chi connectivity index (χ2v) is 7.69. The molecule has 21 heavy (non-hydrogen) atoms. The van der Waals surface area contributed by atoms with Crippen LogP contribution < -0.4 is 10.0 Å². The van der Waals surface area contributed by atoms with Gasteiger partial charge in [-0.3, -0.25) is 0 Å². The zero-order chi connectivity index (χ0) is 16.0. The zero-order valence-corrected chi connectivity index (χ0v) is 14.5. The maximum absolute atomic E-state index is 12.3. The first-order valence-electron chi connectivity index (χ1n) is 7.61. The summed E-state index contributed by atoms with van der Waals surface area (Å²) in [6, 6.07) is 7.40. The third-order valence-electron chi connectivity index (χ3n) is 3.79. The van der Waals surface area contributed by atoms with Gasteiger partial charge in [0.1, 0.15) is 0 Å². The molecular weight excluding hydrogens is 284 g/mol. The lowest BCUT2D eigenvalue weighted by Crippen LogP contribution is -2.36. The second-order valence-electron chi connectivity index (χ2n) is 5.98. The van der Waals surface area contributed by atoms with Crippen molar-refractivity contribution in [2.24, 2.45) is 5.92 Å². The molecule has 0 fully saturated rings. The molecule has 2 atom stereocenters. The van der Waals surface area contributed by atoms with E-state index in [1.807, 2.05) is 26.0 Å². The highest BCUT2D eigenvalue weighted by Gasteiger charge is 2.20. The van der Waals surface area contributed by atoms with Gasteiger partial charge in [-0.25, -0.2) is 13.1 Å². The summed E-state index contributed by atoms with van der Waals surface area (Å²) < 4.78 is 27.4. The first-order valence-corrected chi connectivity index (χ1v) is 9.09. The number of hydrogen-bond acceptors (Lipinski definition) is 3. The molecule has 0 radical (unpaired) electrons. The van der Waals surface area contributed by atoms with E-state index in [-0.39, 0.29) is 6.04 Å². The number of benzene rings is 1. The summed E-state index contributed by atoms with van der Waals surface area (Å²) >= 11 is 0. The summed E-state index contributed by atoms with van der Waals surface area (Å²) in [6.45, 7) is 10.9. The lowest BCUT2D eigenvalue weighted by molar-refractivity contribution is 0.434. The molecule has 0 saturated carbocycles. The Balaban J connectivity index is 2.75. The topological polar surface area (TPSA) is 58.2 Å². The molecule has 0 spiro atoms. The molecule has 120 valence electrons. The van der Waals surface area contributed by atoms with E-state index < -0.39 is 10.0 Å². The van der Waals surface area contributed by atoms with Gasteiger partial charge >= 0.3 is 0 Å². The molecule has 0 saturated heterocycles. The molecule has 0 aliphatic carbocycles. The maximum atomic E-state index is 12.3. The third-order valence-corrected chi connectivity index (χ3v) is 5.36. The molecule has 0 amide bonds. The third kappa shape index (κ3) is 5.77. The van der Waals surface area contributed by atoms with E-state index in [4.69, 9.17) is 0 Å². The molecule has 1 rings (SSSR count). The average Bonchev–Trinajstić information content (AvgIpc) is 2.44. The average molecular weight is 312 g/mol. The van der Waals surface area contributed by atoms with Crippen molar-refractivity contribution in [3.63, 3.8) is 0 Å². The van der Waals surface area contributed by atoms with Gasteiger partial charge in [-0.1, -0.05) is 46.2 Å². The van der Waals surface area contributed by atoms with Crippen LogP contribution in [0, 0.1) is 5.92 Å². The summed E-state index contributed by atoms with van der Waals surface area (Å²) in [5.74, 6) is 0.314. The van der Waals surface area contributed by atoms with E-state index in [2.05, 4.69) is 30.8 Å². The van der Waals surface area contributed by atoms with Crippen molar-refractivity contribution in [3.05, 3.63) is 29.8 Å². The molecule has 0 heterocycles. The molecule has 0 aromatic heterocycles. The highest BCUT2D eigenvalue weighted by molar-refractivity contribution is 7.89. The van der Waals surface area contributed by atoms with Crippen LogP contribution in [-0.2, 0) is 16.6 Å². The minimum Gasteiger partial charge on any atom is -0.310 e. The smallest absolute Gasteiger partial charge is 0.240 e. The van der Waals surface area contributed by atoms with Crippen LogP contribution in [-0.4, -0.2) is 20.5 Å². The molecule has 0 bridgehead atoms. The normalized spacial score (nSPS) is 15.1. The molecule has 0 aliphatic heterocycles. The lowest BCUT2D eigenvalue weighted by atomic mass is 10.0. The number of nitrogens with one attached hydrogen (secondary N) is 2. The van der Waals surface area contributed by atoms with E-state index >= 15 is 0 Å². The number of hydrogen-bond donors (Lipinski definition) is 2. The summed E-state index contributed by atoms with van der Waals surface area (Å²) in [4.78, 5) is 0.325. The van der Waals surface area contributed by atoms with Crippen molar-refractivity contribution in [3.8, 4) is 0 Å². The minimum atomic E-state index is -3.43. The van der Waals surface area contributed by atoms with Crippen LogP contribution in [0.15, 0.2) is 29.2 Å². The predicted octanol–water partition coefficient (Wildman–Crippen LogP) is 2.90. The Labute approximate surface area is 129 Å². The highest BCUT2D eigenvalue weighted by Crippen LogP contribution is 2.14. The summed E-state index contributed by atoms with van der Waals surface area (Å²) in [6.07, 6.45) is 0.948. The molecule has 5 heteroatoms. The Kier molecular flexibility index (Phi) is 6.84. The standard InChI is InChI=1S/C16H28N2O2S/c1-6-13(4)14(5)18-21(19,20)16-9-7-15(8-10-16)11-17-12(2)3/h7-10,12-14,17-18H,6,11H2,1-5H3. The Morgan fingerprint density at radius 3 is 2.10 bits per heavy atom. The predicted molar refractivity (Wildman–Crippen MR) is 87.7 cm³/mol. The van der Waals surface area contributed by atoms with Gasteiger partial charge < -0.3 is 5.32 Å². The Morgan fingerprint density at radius 1 is 1.05 bits per heavy atom. The summed E-state index contributed by atoms with van der Waals surface area (Å²) in [5.41, 5.74) is 1.08. The van der Waals surface area contributed by atoms with Crippen molar-refractivity contribution in [1.29, 1.82) is 0 Å². The fraction of sp³-hybridized carbons (Fsp3) is 0.625. The van der Waals surface area contributed by atoms with Crippen molar-refractivity contribution in [2.75, 3.05) is 0 Å². The monoisotopic (exact) mass is 312 g/mol. The fourth-order valence-corrected chi connectivity index (χ4v) is 3.24. The van der Waals surface area contributed by atoms with Gasteiger partial charge in [-0.2, -0.15) is 0 Å². The molecule has 1 aromatic rings. The van der Waals surface area contributed by atoms with Gasteiger partial charge in [0.15, 0.2) is 0 Å². The Bertz CT molecular complexity index is 524. The molecule has 2 N–H and O–H groups in total. The lowest BCUT2D eigenvalue weighted by Gasteiger charge is -2.20. The van der Waals surface area contributed by atoms with Gasteiger partial charge in [-0.05, 0) is 30.5 Å². The fourth-order valence-electron chi connectivity index (χ4n) is 1.89. The van der Waals surface area contributed by atoms with E-state index in [0.717, 1.165) is 18.5 Å². The zero-order valence-electron chi connectivity index (χ0n) is 13.7. The molecule has 4 nitrogen and oxygen atoms in total. The first kappa shape index (κ1) is 18.1. The maximum Gasteiger partial charge on any atom is 0.240 e. The summed E-state index contributed by atoms with van der Waals surface area (Å²) in [7, 11) is -3.43. The largest absolute Gasteiger partial charge is 0.310 e. The van der Waals surface area contributed by atoms with E-state index in [1.54, 1.807) is 12.1 Å². The quantitative estimate of drug-likeness (QED) is 0.776. The van der Waals surface area contributed by atoms with Crippen LogP contribution in [0.2, 0.25) is 0 Å².